The summed E-state index contributed by atoms with van der Waals surface area (Å²) in [5.74, 6) is 0.779. The van der Waals surface area contributed by atoms with E-state index in [-0.39, 0.29) is 5.91 Å². The number of unbranched alkanes of at least 4 members (excludes halogenated alkanes) is 10. The van der Waals surface area contributed by atoms with Crippen LogP contribution in [-0.4, -0.2) is 51.9 Å². The predicted molar refractivity (Wildman–Crippen MR) is 211 cm³/mol. The van der Waals surface area contributed by atoms with Crippen molar-refractivity contribution in [2.24, 2.45) is 0 Å². The second-order valence-electron chi connectivity index (χ2n) is 14.1. The molecule has 0 unspecified atom stereocenters. The van der Waals surface area contributed by atoms with Gasteiger partial charge in [0.05, 0.1) is 12.2 Å². The van der Waals surface area contributed by atoms with E-state index in [1.54, 1.807) is 65.6 Å². The van der Waals surface area contributed by atoms with Crippen molar-refractivity contribution in [1.29, 1.82) is 0 Å². The van der Waals surface area contributed by atoms with E-state index >= 15 is 0 Å². The van der Waals surface area contributed by atoms with Gasteiger partial charge in [-0.3, -0.25) is 4.79 Å². The minimum atomic E-state index is -0.699. The number of aryl methyl sites for hydroxylation is 1. The maximum Gasteiger partial charge on any atom is 0.343 e. The first-order chi connectivity index (χ1) is 26.4. The van der Waals surface area contributed by atoms with Gasteiger partial charge in [0, 0.05) is 30.1 Å². The number of hydrogen-bond donors (Lipinski definition) is 0. The highest BCUT2D eigenvalue weighted by atomic mass is 16.5. The molecule has 2 heterocycles. The molecule has 3 aromatic carbocycles. The van der Waals surface area contributed by atoms with Crippen LogP contribution in [0.1, 0.15) is 130 Å². The van der Waals surface area contributed by atoms with Gasteiger partial charge in [-0.15, -0.1) is 0 Å². The molecule has 0 spiro atoms. The Bertz CT molecular complexity index is 1740. The zero-order valence-corrected chi connectivity index (χ0v) is 32.0. The van der Waals surface area contributed by atoms with E-state index in [9.17, 15) is 14.4 Å². The van der Waals surface area contributed by atoms with E-state index in [2.05, 4.69) is 23.8 Å². The summed E-state index contributed by atoms with van der Waals surface area (Å²) in [6.07, 6.45) is 20.7. The Morgan fingerprint density at radius 2 is 1.20 bits per heavy atom. The van der Waals surface area contributed by atoms with Crippen molar-refractivity contribution in [3.05, 3.63) is 102 Å². The topological polar surface area (TPSA) is 108 Å². The van der Waals surface area contributed by atoms with Crippen molar-refractivity contribution in [2.45, 2.75) is 116 Å². The van der Waals surface area contributed by atoms with Gasteiger partial charge in [0.15, 0.2) is 5.82 Å². The fourth-order valence-corrected chi connectivity index (χ4v) is 6.61. The van der Waals surface area contributed by atoms with Crippen molar-refractivity contribution in [2.75, 3.05) is 13.2 Å². The molecule has 0 saturated carbocycles. The maximum atomic E-state index is 13.5. The van der Waals surface area contributed by atoms with Crippen LogP contribution in [0.5, 0.6) is 17.2 Å². The average molecular weight is 734 g/mol. The van der Waals surface area contributed by atoms with E-state index in [1.165, 1.54) is 57.8 Å². The molecule has 9 heteroatoms. The van der Waals surface area contributed by atoms with Gasteiger partial charge in [0.1, 0.15) is 23.3 Å². The second kappa shape index (κ2) is 21.6. The summed E-state index contributed by atoms with van der Waals surface area (Å²) < 4.78 is 17.1. The normalized spacial score (nSPS) is 13.8. The van der Waals surface area contributed by atoms with E-state index < -0.39 is 18.0 Å². The van der Waals surface area contributed by atoms with Gasteiger partial charge >= 0.3 is 11.9 Å². The number of esters is 2. The van der Waals surface area contributed by atoms with Gasteiger partial charge < -0.3 is 19.1 Å². The lowest BCUT2D eigenvalue weighted by molar-refractivity contribution is -0.138. The lowest BCUT2D eigenvalue weighted by Gasteiger charge is -2.23. The highest BCUT2D eigenvalue weighted by Crippen LogP contribution is 2.26. The zero-order chi connectivity index (χ0) is 38.0. The van der Waals surface area contributed by atoms with Crippen LogP contribution in [0.4, 0.5) is 0 Å². The molecule has 286 valence electrons. The van der Waals surface area contributed by atoms with Crippen molar-refractivity contribution < 1.29 is 28.6 Å². The number of likely N-dealkylation sites (tertiary alicyclic amines) is 1. The summed E-state index contributed by atoms with van der Waals surface area (Å²) >= 11 is 0. The number of carbonyl (C=O) groups is 3. The maximum absolute atomic E-state index is 13.5. The molecule has 1 atom stereocenters. The van der Waals surface area contributed by atoms with Crippen LogP contribution in [-0.2, 0) is 11.2 Å². The molecule has 54 heavy (non-hydrogen) atoms. The zero-order valence-electron chi connectivity index (χ0n) is 32.0. The molecule has 4 aromatic rings. The number of rotatable bonds is 21. The van der Waals surface area contributed by atoms with E-state index in [0.717, 1.165) is 42.6 Å². The van der Waals surface area contributed by atoms with Crippen LogP contribution in [0.3, 0.4) is 0 Å². The van der Waals surface area contributed by atoms with E-state index in [4.69, 9.17) is 14.2 Å². The Balaban J connectivity index is 1.07. The standard InChI is InChI=1S/C45H55N3O6/c1-3-5-7-9-11-13-16-34-32-46-42(47-33-34)35-18-26-40(27-19-35)54-45(51)41-17-15-30-48(41)43(49)36-20-28-39(29-21-36)53-44(50)37-22-24-38(25-23-37)52-31-14-12-10-8-6-4-2/h18-29,32-33,41H,3-17,30-31H2,1-2H3/t41-/m0/s1. The number of hydrogen-bond acceptors (Lipinski definition) is 8. The van der Waals surface area contributed by atoms with Crippen LogP contribution >= 0.6 is 0 Å². The second-order valence-corrected chi connectivity index (χ2v) is 14.1. The van der Waals surface area contributed by atoms with Crippen molar-refractivity contribution in [3.8, 4) is 28.6 Å². The molecule has 1 aliphatic heterocycles. The third-order valence-corrected chi connectivity index (χ3v) is 9.81. The number of aromatic nitrogens is 2. The third kappa shape index (κ3) is 12.3. The SMILES string of the molecule is CCCCCCCCOc1ccc(C(=O)Oc2ccc(C(=O)N3CCC[C@H]3C(=O)Oc3ccc(-c4ncc(CCCCCCCC)cn4)cc3)cc2)cc1. The molecule has 1 saturated heterocycles. The van der Waals surface area contributed by atoms with Crippen LogP contribution < -0.4 is 14.2 Å². The number of amides is 1. The first kappa shape index (κ1) is 40.1. The van der Waals surface area contributed by atoms with Gasteiger partial charge in [0.25, 0.3) is 5.91 Å². The molecule has 0 bridgehead atoms. The Morgan fingerprint density at radius 1 is 0.648 bits per heavy atom. The molecule has 0 aliphatic carbocycles. The number of benzene rings is 3. The lowest BCUT2D eigenvalue weighted by Crippen LogP contribution is -2.42. The molecule has 1 aromatic heterocycles. The summed E-state index contributed by atoms with van der Waals surface area (Å²) in [6, 6.07) is 19.7. The minimum absolute atomic E-state index is 0.281. The fourth-order valence-electron chi connectivity index (χ4n) is 6.61. The molecule has 9 nitrogen and oxygen atoms in total. The monoisotopic (exact) mass is 733 g/mol. The quantitative estimate of drug-likeness (QED) is 0.0473. The molecule has 0 N–H and O–H groups in total. The average Bonchev–Trinajstić information content (AvgIpc) is 3.70. The van der Waals surface area contributed by atoms with Crippen molar-refractivity contribution in [3.63, 3.8) is 0 Å². The van der Waals surface area contributed by atoms with E-state index in [1.807, 2.05) is 24.5 Å². The van der Waals surface area contributed by atoms with Crippen LogP contribution in [0.2, 0.25) is 0 Å². The Morgan fingerprint density at radius 3 is 1.87 bits per heavy atom. The molecule has 0 radical (unpaired) electrons. The number of carbonyl (C=O) groups excluding carboxylic acids is 3. The highest BCUT2D eigenvalue weighted by molar-refractivity contribution is 5.97. The van der Waals surface area contributed by atoms with Crippen molar-refractivity contribution in [1.82, 2.24) is 14.9 Å². The van der Waals surface area contributed by atoms with Gasteiger partial charge in [-0.1, -0.05) is 78.1 Å². The first-order valence-corrected chi connectivity index (χ1v) is 19.9. The number of ether oxygens (including phenoxy) is 3. The summed E-state index contributed by atoms with van der Waals surface area (Å²) in [4.78, 5) is 50.2. The fraction of sp³-hybridized carbons (Fsp3) is 0.444. The minimum Gasteiger partial charge on any atom is -0.494 e. The molecule has 5 rings (SSSR count). The largest absolute Gasteiger partial charge is 0.494 e. The van der Waals surface area contributed by atoms with Gasteiger partial charge in [-0.05, 0) is 110 Å². The molecule has 1 amide bonds. The summed E-state index contributed by atoms with van der Waals surface area (Å²) in [5, 5.41) is 0. The summed E-state index contributed by atoms with van der Waals surface area (Å²) in [5.41, 5.74) is 2.76. The van der Waals surface area contributed by atoms with Crippen LogP contribution in [0, 0.1) is 0 Å². The molecular formula is C45H55N3O6. The predicted octanol–water partition coefficient (Wildman–Crippen LogP) is 10.2. The molecule has 1 aliphatic rings. The van der Waals surface area contributed by atoms with Gasteiger partial charge in [-0.25, -0.2) is 19.6 Å². The van der Waals surface area contributed by atoms with Crippen LogP contribution in [0.15, 0.2) is 85.2 Å². The van der Waals surface area contributed by atoms with Gasteiger partial charge in [-0.2, -0.15) is 0 Å². The Hall–Kier alpha value is -5.05. The van der Waals surface area contributed by atoms with E-state index in [0.29, 0.717) is 54.4 Å². The van der Waals surface area contributed by atoms with Gasteiger partial charge in [0.2, 0.25) is 0 Å². The molecular weight excluding hydrogens is 679 g/mol. The third-order valence-electron chi connectivity index (χ3n) is 9.81. The first-order valence-electron chi connectivity index (χ1n) is 19.9. The lowest BCUT2D eigenvalue weighted by atomic mass is 10.1. The Kier molecular flexibility index (Phi) is 16.1. The summed E-state index contributed by atoms with van der Waals surface area (Å²) in [7, 11) is 0. The molecule has 1 fully saturated rings. The van der Waals surface area contributed by atoms with Crippen LogP contribution in [0.25, 0.3) is 11.4 Å². The van der Waals surface area contributed by atoms with Crippen molar-refractivity contribution >= 4 is 17.8 Å². The summed E-state index contributed by atoms with van der Waals surface area (Å²) in [6.45, 7) is 5.54. The smallest absolute Gasteiger partial charge is 0.343 e. The highest BCUT2D eigenvalue weighted by Gasteiger charge is 2.36. The number of nitrogens with zero attached hydrogens (tertiary/aromatic N) is 3. The Labute approximate surface area is 320 Å².